The summed E-state index contributed by atoms with van der Waals surface area (Å²) in [4.78, 5) is 11.4. The molecule has 8 nitrogen and oxygen atoms in total. The van der Waals surface area contributed by atoms with E-state index >= 15 is 0 Å². The Kier molecular flexibility index (Phi) is 5.20. The first kappa shape index (κ1) is 19.7. The molecule has 1 aliphatic carbocycles. The molecule has 0 saturated heterocycles. The summed E-state index contributed by atoms with van der Waals surface area (Å²) in [6.45, 7) is 3.57. The van der Waals surface area contributed by atoms with E-state index in [9.17, 15) is 8.42 Å². The highest BCUT2D eigenvalue weighted by atomic mass is 35.5. The number of ether oxygens (including phenoxy) is 1. The molecule has 0 bridgehead atoms. The number of fused-ring (bicyclic) bond motifs is 1. The molecule has 0 aliphatic heterocycles. The van der Waals surface area contributed by atoms with Crippen molar-refractivity contribution in [2.45, 2.75) is 50.0 Å². The van der Waals surface area contributed by atoms with Gasteiger partial charge in [-0.2, -0.15) is 0 Å². The van der Waals surface area contributed by atoms with Crippen LogP contribution in [0.5, 0.6) is 5.88 Å². The molecule has 0 radical (unpaired) electrons. The Morgan fingerprint density at radius 2 is 2.04 bits per heavy atom. The van der Waals surface area contributed by atoms with Gasteiger partial charge in [-0.1, -0.05) is 30.6 Å². The normalized spacial score (nSPS) is 20.4. The van der Waals surface area contributed by atoms with Gasteiger partial charge in [0.15, 0.2) is 0 Å². The molecule has 2 aromatic rings. The van der Waals surface area contributed by atoms with Crippen LogP contribution in [0.4, 0.5) is 0 Å². The SMILES string of the molecule is CC(C)(N=[N+]=[N-])c1cnc(OC2CCC(S(C)(=O)=O)C2)c2cnc(Cl)cc12. The molecule has 1 fully saturated rings. The van der Waals surface area contributed by atoms with Crippen molar-refractivity contribution in [3.63, 3.8) is 0 Å². The van der Waals surface area contributed by atoms with Gasteiger partial charge in [0.25, 0.3) is 0 Å². The van der Waals surface area contributed by atoms with Gasteiger partial charge in [0.05, 0.1) is 16.2 Å². The van der Waals surface area contributed by atoms with Gasteiger partial charge in [0.1, 0.15) is 21.1 Å². The fourth-order valence-corrected chi connectivity index (χ4v) is 4.67. The zero-order valence-corrected chi connectivity index (χ0v) is 16.8. The molecule has 1 saturated carbocycles. The molecule has 10 heteroatoms. The quantitative estimate of drug-likeness (QED) is 0.317. The smallest absolute Gasteiger partial charge is 0.223 e. The molecule has 0 aromatic carbocycles. The number of pyridine rings is 2. The molecule has 2 aromatic heterocycles. The minimum absolute atomic E-state index is 0.230. The second-order valence-corrected chi connectivity index (χ2v) is 10.00. The molecule has 0 spiro atoms. The third-order valence-electron chi connectivity index (χ3n) is 4.88. The number of sulfone groups is 1. The summed E-state index contributed by atoms with van der Waals surface area (Å²) >= 11 is 6.07. The number of hydrogen-bond acceptors (Lipinski definition) is 6. The highest BCUT2D eigenvalue weighted by Gasteiger charge is 2.33. The van der Waals surface area contributed by atoms with E-state index in [2.05, 4.69) is 20.0 Å². The van der Waals surface area contributed by atoms with Crippen LogP contribution in [-0.2, 0) is 15.4 Å². The van der Waals surface area contributed by atoms with Crippen molar-refractivity contribution < 1.29 is 13.2 Å². The highest BCUT2D eigenvalue weighted by Crippen LogP contribution is 2.37. The fraction of sp³-hybridized carbons (Fsp3) is 0.529. The summed E-state index contributed by atoms with van der Waals surface area (Å²) in [7, 11) is -3.08. The first-order valence-corrected chi connectivity index (χ1v) is 10.8. The van der Waals surface area contributed by atoms with Crippen LogP contribution in [-0.4, -0.2) is 36.0 Å². The van der Waals surface area contributed by atoms with Gasteiger partial charge in [0.2, 0.25) is 5.88 Å². The van der Waals surface area contributed by atoms with E-state index in [1.54, 1.807) is 32.3 Å². The van der Waals surface area contributed by atoms with Crippen molar-refractivity contribution in [1.82, 2.24) is 9.97 Å². The second kappa shape index (κ2) is 7.14. The molecular weight excluding hydrogens is 390 g/mol. The maximum Gasteiger partial charge on any atom is 0.223 e. The minimum Gasteiger partial charge on any atom is -0.474 e. The van der Waals surface area contributed by atoms with E-state index in [0.29, 0.717) is 41.2 Å². The summed E-state index contributed by atoms with van der Waals surface area (Å²) in [5.74, 6) is 0.369. The van der Waals surface area contributed by atoms with Crippen LogP contribution in [0.1, 0.15) is 38.7 Å². The summed E-state index contributed by atoms with van der Waals surface area (Å²) in [5.41, 5.74) is 8.72. The summed E-state index contributed by atoms with van der Waals surface area (Å²) < 4.78 is 29.5. The highest BCUT2D eigenvalue weighted by molar-refractivity contribution is 7.91. The lowest BCUT2D eigenvalue weighted by molar-refractivity contribution is 0.204. The number of nitrogens with zero attached hydrogens (tertiary/aromatic N) is 5. The van der Waals surface area contributed by atoms with Crippen LogP contribution in [0.3, 0.4) is 0 Å². The topological polar surface area (TPSA) is 118 Å². The lowest BCUT2D eigenvalue weighted by atomic mass is 9.93. The van der Waals surface area contributed by atoms with Crippen molar-refractivity contribution in [1.29, 1.82) is 0 Å². The first-order valence-electron chi connectivity index (χ1n) is 8.48. The van der Waals surface area contributed by atoms with E-state index in [-0.39, 0.29) is 11.4 Å². The van der Waals surface area contributed by atoms with Crippen molar-refractivity contribution >= 4 is 32.2 Å². The number of rotatable bonds is 5. The van der Waals surface area contributed by atoms with Crippen LogP contribution in [0, 0.1) is 0 Å². The van der Waals surface area contributed by atoms with Gasteiger partial charge < -0.3 is 4.74 Å². The predicted octanol–water partition coefficient (Wildman–Crippen LogP) is 4.17. The zero-order chi connectivity index (χ0) is 19.8. The van der Waals surface area contributed by atoms with Crippen molar-refractivity contribution in [2.75, 3.05) is 6.26 Å². The van der Waals surface area contributed by atoms with Crippen LogP contribution < -0.4 is 4.74 Å². The third-order valence-corrected chi connectivity index (χ3v) is 6.72. The molecule has 27 heavy (non-hydrogen) atoms. The lowest BCUT2D eigenvalue weighted by Crippen LogP contribution is -2.20. The Morgan fingerprint density at radius 3 is 2.67 bits per heavy atom. The van der Waals surface area contributed by atoms with Gasteiger partial charge in [-0.05, 0) is 35.4 Å². The second-order valence-electron chi connectivity index (χ2n) is 7.28. The maximum atomic E-state index is 11.8. The maximum absolute atomic E-state index is 11.8. The number of halogens is 1. The molecule has 2 heterocycles. The Balaban J connectivity index is 2.00. The molecule has 2 unspecified atom stereocenters. The Bertz CT molecular complexity index is 1030. The van der Waals surface area contributed by atoms with E-state index in [4.69, 9.17) is 21.9 Å². The van der Waals surface area contributed by atoms with E-state index in [0.717, 1.165) is 5.39 Å². The minimum atomic E-state index is -3.08. The third kappa shape index (κ3) is 4.10. The van der Waals surface area contributed by atoms with Gasteiger partial charge in [-0.3, -0.25) is 0 Å². The molecule has 0 N–H and O–H groups in total. The average molecular weight is 410 g/mol. The number of aromatic nitrogens is 2. The molecule has 144 valence electrons. The van der Waals surface area contributed by atoms with Crippen LogP contribution in [0.2, 0.25) is 5.15 Å². The number of azide groups is 1. The van der Waals surface area contributed by atoms with E-state index < -0.39 is 15.4 Å². The largest absolute Gasteiger partial charge is 0.474 e. The van der Waals surface area contributed by atoms with Crippen molar-refractivity contribution in [3.05, 3.63) is 39.6 Å². The van der Waals surface area contributed by atoms with Gasteiger partial charge in [-0.25, -0.2) is 18.4 Å². The van der Waals surface area contributed by atoms with Crippen molar-refractivity contribution in [3.8, 4) is 5.88 Å². The summed E-state index contributed by atoms with van der Waals surface area (Å²) in [6.07, 6.45) is 5.86. The molecule has 1 aliphatic rings. The van der Waals surface area contributed by atoms with Crippen LogP contribution in [0.25, 0.3) is 21.2 Å². The molecule has 2 atom stereocenters. The molecule has 0 amide bonds. The Labute approximate surface area is 162 Å². The standard InChI is InChI=1S/C17H20ClN5O3S/c1-17(2,22-23-19)14-9-21-16(13-8-20-15(18)7-12(13)14)26-10-4-5-11(6-10)27(3,24)25/h7-11H,4-6H2,1-3H3. The monoisotopic (exact) mass is 409 g/mol. The number of hydrogen-bond donors (Lipinski definition) is 0. The van der Waals surface area contributed by atoms with Gasteiger partial charge in [0, 0.05) is 30.0 Å². The van der Waals surface area contributed by atoms with Gasteiger partial charge in [-0.15, -0.1) is 0 Å². The summed E-state index contributed by atoms with van der Waals surface area (Å²) in [6, 6.07) is 1.68. The van der Waals surface area contributed by atoms with E-state index in [1.165, 1.54) is 6.26 Å². The molecule has 3 rings (SSSR count). The first-order chi connectivity index (χ1) is 12.6. The van der Waals surface area contributed by atoms with Gasteiger partial charge >= 0.3 is 0 Å². The van der Waals surface area contributed by atoms with Crippen molar-refractivity contribution in [2.24, 2.45) is 5.11 Å². The lowest BCUT2D eigenvalue weighted by Gasteiger charge is -2.22. The fourth-order valence-electron chi connectivity index (χ4n) is 3.39. The van der Waals surface area contributed by atoms with E-state index in [1.807, 2.05) is 0 Å². The average Bonchev–Trinajstić information content (AvgIpc) is 3.03. The Morgan fingerprint density at radius 1 is 1.30 bits per heavy atom. The molecular formula is C17H20ClN5O3S. The predicted molar refractivity (Wildman–Crippen MR) is 104 cm³/mol. The van der Waals surface area contributed by atoms with Crippen LogP contribution >= 0.6 is 11.6 Å². The van der Waals surface area contributed by atoms with Crippen LogP contribution in [0.15, 0.2) is 23.6 Å². The summed E-state index contributed by atoms with van der Waals surface area (Å²) in [5, 5.41) is 5.13. The zero-order valence-electron chi connectivity index (χ0n) is 15.3. The Hall–Kier alpha value is -2.09.